The summed E-state index contributed by atoms with van der Waals surface area (Å²) in [5.41, 5.74) is 3.13. The number of imidazole rings is 1. The van der Waals surface area contributed by atoms with E-state index >= 15 is 0 Å². The molecule has 0 radical (unpaired) electrons. The number of carbonyl (C=O) groups is 1. The number of fused-ring (bicyclic) bond motifs is 1. The lowest BCUT2D eigenvalue weighted by atomic mass is 10.3. The van der Waals surface area contributed by atoms with Gasteiger partial charge >= 0.3 is 0 Å². The molecule has 1 N–H and O–H groups in total. The lowest BCUT2D eigenvalue weighted by molar-refractivity contribution is 0.101. The first-order valence-electron chi connectivity index (χ1n) is 6.00. The highest BCUT2D eigenvalue weighted by Gasteiger charge is 2.15. The molecule has 0 aliphatic carbocycles. The van der Waals surface area contributed by atoms with Gasteiger partial charge in [-0.1, -0.05) is 18.2 Å². The van der Waals surface area contributed by atoms with E-state index in [4.69, 9.17) is 0 Å². The van der Waals surface area contributed by atoms with E-state index in [1.807, 2.05) is 55.1 Å². The first-order chi connectivity index (χ1) is 9.16. The minimum absolute atomic E-state index is 0.133. The zero-order valence-corrected chi connectivity index (χ0v) is 10.8. The molecule has 3 rings (SSSR count). The van der Waals surface area contributed by atoms with E-state index in [2.05, 4.69) is 10.3 Å². The Morgan fingerprint density at radius 3 is 2.63 bits per heavy atom. The maximum absolute atomic E-state index is 12.2. The van der Waals surface area contributed by atoms with Crippen molar-refractivity contribution < 1.29 is 4.79 Å². The van der Waals surface area contributed by atoms with Crippen molar-refractivity contribution in [3.05, 3.63) is 48.4 Å². The molecule has 19 heavy (non-hydrogen) atoms. The van der Waals surface area contributed by atoms with Gasteiger partial charge in [-0.15, -0.1) is 0 Å². The van der Waals surface area contributed by atoms with Gasteiger partial charge in [-0.05, 0) is 18.2 Å². The van der Waals surface area contributed by atoms with E-state index in [-0.39, 0.29) is 5.91 Å². The summed E-state index contributed by atoms with van der Waals surface area (Å²) in [7, 11) is 3.75. The number of aryl methyl sites for hydroxylation is 2. The molecular formula is C14H14N4O. The van der Waals surface area contributed by atoms with Crippen molar-refractivity contribution in [3.63, 3.8) is 0 Å². The van der Waals surface area contributed by atoms with Gasteiger partial charge in [0, 0.05) is 19.8 Å². The predicted octanol–water partition coefficient (Wildman–Crippen LogP) is 2.16. The lowest BCUT2D eigenvalue weighted by Gasteiger charge is -2.05. The molecule has 2 aromatic heterocycles. The molecule has 0 bridgehead atoms. The summed E-state index contributed by atoms with van der Waals surface area (Å²) in [6.07, 6.45) is 1.74. The smallest absolute Gasteiger partial charge is 0.272 e. The fourth-order valence-corrected chi connectivity index (χ4v) is 2.13. The molecule has 0 aliphatic heterocycles. The van der Waals surface area contributed by atoms with E-state index in [0.717, 1.165) is 16.9 Å². The van der Waals surface area contributed by atoms with Gasteiger partial charge in [-0.2, -0.15) is 0 Å². The minimum atomic E-state index is -0.133. The van der Waals surface area contributed by atoms with Crippen molar-refractivity contribution in [1.82, 2.24) is 14.1 Å². The van der Waals surface area contributed by atoms with Gasteiger partial charge in [0.2, 0.25) is 0 Å². The summed E-state index contributed by atoms with van der Waals surface area (Å²) >= 11 is 0. The highest BCUT2D eigenvalue weighted by Crippen LogP contribution is 2.18. The number of nitrogens with one attached hydrogen (secondary N) is 1. The second-order valence-corrected chi connectivity index (χ2v) is 4.47. The Labute approximate surface area is 110 Å². The summed E-state index contributed by atoms with van der Waals surface area (Å²) in [6.45, 7) is 0. The second-order valence-electron chi connectivity index (χ2n) is 4.47. The third-order valence-corrected chi connectivity index (χ3v) is 3.18. The Bertz CT molecular complexity index is 739. The van der Waals surface area contributed by atoms with Crippen LogP contribution in [0.2, 0.25) is 0 Å². The van der Waals surface area contributed by atoms with Crippen LogP contribution in [0, 0.1) is 0 Å². The zero-order valence-electron chi connectivity index (χ0n) is 10.8. The number of hydrogen-bond acceptors (Lipinski definition) is 2. The van der Waals surface area contributed by atoms with Gasteiger partial charge < -0.3 is 14.5 Å². The predicted molar refractivity (Wildman–Crippen MR) is 74.1 cm³/mol. The van der Waals surface area contributed by atoms with Crippen LogP contribution in [0.4, 0.5) is 5.69 Å². The molecule has 1 aromatic carbocycles. The molecule has 0 saturated carbocycles. The normalized spacial score (nSPS) is 10.8. The number of carbonyl (C=O) groups excluding carboxylic acids is 1. The van der Waals surface area contributed by atoms with Crippen molar-refractivity contribution in [2.24, 2.45) is 14.1 Å². The van der Waals surface area contributed by atoms with E-state index in [1.54, 1.807) is 10.9 Å². The van der Waals surface area contributed by atoms with Crippen LogP contribution in [0.3, 0.4) is 0 Å². The first kappa shape index (κ1) is 11.5. The number of aromatic nitrogens is 3. The molecule has 0 saturated heterocycles. The first-order valence-corrected chi connectivity index (χ1v) is 6.00. The summed E-state index contributed by atoms with van der Waals surface area (Å²) in [4.78, 5) is 16.5. The standard InChI is InChI=1S/C14H14N4O/c1-17-9-15-13-11(17)8-12(18(13)2)14(19)16-10-6-4-3-5-7-10/h3-9H,1-2H3,(H,16,19). The highest BCUT2D eigenvalue weighted by atomic mass is 16.1. The van der Waals surface area contributed by atoms with Gasteiger partial charge in [0.05, 0.1) is 11.8 Å². The molecule has 2 heterocycles. The Kier molecular flexibility index (Phi) is 2.59. The molecule has 0 fully saturated rings. The molecular weight excluding hydrogens is 240 g/mol. The SMILES string of the molecule is Cn1cnc2c1cc(C(=O)Nc1ccccc1)n2C. The van der Waals surface area contributed by atoms with Gasteiger partial charge in [0.25, 0.3) is 5.91 Å². The summed E-state index contributed by atoms with van der Waals surface area (Å²) in [5.74, 6) is -0.133. The number of anilines is 1. The Hall–Kier alpha value is -2.56. The molecule has 5 nitrogen and oxygen atoms in total. The van der Waals surface area contributed by atoms with Crippen molar-refractivity contribution in [1.29, 1.82) is 0 Å². The molecule has 0 aliphatic rings. The van der Waals surface area contributed by atoms with Gasteiger partial charge in [0.1, 0.15) is 5.69 Å². The third-order valence-electron chi connectivity index (χ3n) is 3.18. The maximum Gasteiger partial charge on any atom is 0.272 e. The van der Waals surface area contributed by atoms with Crippen molar-refractivity contribution in [3.8, 4) is 0 Å². The molecule has 1 amide bonds. The maximum atomic E-state index is 12.2. The van der Waals surface area contributed by atoms with Crippen LogP contribution in [0.1, 0.15) is 10.5 Å². The van der Waals surface area contributed by atoms with Gasteiger partial charge in [-0.3, -0.25) is 4.79 Å². The van der Waals surface area contributed by atoms with Crippen LogP contribution in [-0.4, -0.2) is 20.0 Å². The average molecular weight is 254 g/mol. The van der Waals surface area contributed by atoms with Crippen molar-refractivity contribution in [2.75, 3.05) is 5.32 Å². The number of para-hydroxylation sites is 1. The quantitative estimate of drug-likeness (QED) is 0.762. The van der Waals surface area contributed by atoms with Crippen molar-refractivity contribution >= 4 is 22.8 Å². The van der Waals surface area contributed by atoms with E-state index in [1.165, 1.54) is 0 Å². The number of rotatable bonds is 2. The molecule has 5 heteroatoms. The van der Waals surface area contributed by atoms with Crippen LogP contribution >= 0.6 is 0 Å². The minimum Gasteiger partial charge on any atom is -0.332 e. The Balaban J connectivity index is 1.96. The van der Waals surface area contributed by atoms with E-state index < -0.39 is 0 Å². The van der Waals surface area contributed by atoms with Crippen LogP contribution in [0.15, 0.2) is 42.7 Å². The van der Waals surface area contributed by atoms with Gasteiger partial charge in [0.15, 0.2) is 5.65 Å². The van der Waals surface area contributed by atoms with E-state index in [0.29, 0.717) is 5.69 Å². The fraction of sp³-hybridized carbons (Fsp3) is 0.143. The topological polar surface area (TPSA) is 51.9 Å². The number of benzene rings is 1. The monoisotopic (exact) mass is 254 g/mol. The number of nitrogens with zero attached hydrogens (tertiary/aromatic N) is 3. The van der Waals surface area contributed by atoms with Crippen LogP contribution in [-0.2, 0) is 14.1 Å². The van der Waals surface area contributed by atoms with Gasteiger partial charge in [-0.25, -0.2) is 4.98 Å². The van der Waals surface area contributed by atoms with Crippen LogP contribution in [0.25, 0.3) is 11.2 Å². The highest BCUT2D eigenvalue weighted by molar-refractivity contribution is 6.05. The summed E-state index contributed by atoms with van der Waals surface area (Å²) in [5, 5.41) is 2.87. The molecule has 0 spiro atoms. The Morgan fingerprint density at radius 1 is 1.21 bits per heavy atom. The number of amides is 1. The number of hydrogen-bond donors (Lipinski definition) is 1. The molecule has 3 aromatic rings. The van der Waals surface area contributed by atoms with Crippen LogP contribution < -0.4 is 5.32 Å². The van der Waals surface area contributed by atoms with E-state index in [9.17, 15) is 4.79 Å². The Morgan fingerprint density at radius 2 is 1.95 bits per heavy atom. The van der Waals surface area contributed by atoms with Crippen LogP contribution in [0.5, 0.6) is 0 Å². The molecule has 0 atom stereocenters. The average Bonchev–Trinajstić information content (AvgIpc) is 2.93. The molecule has 96 valence electrons. The lowest BCUT2D eigenvalue weighted by Crippen LogP contribution is -2.15. The molecule has 0 unspecified atom stereocenters. The summed E-state index contributed by atoms with van der Waals surface area (Å²) in [6, 6.07) is 11.3. The summed E-state index contributed by atoms with van der Waals surface area (Å²) < 4.78 is 3.70. The third kappa shape index (κ3) is 1.89. The second kappa shape index (κ2) is 4.28. The largest absolute Gasteiger partial charge is 0.332 e. The van der Waals surface area contributed by atoms with Crippen molar-refractivity contribution in [2.45, 2.75) is 0 Å². The fourth-order valence-electron chi connectivity index (χ4n) is 2.13. The zero-order chi connectivity index (χ0) is 13.4.